The van der Waals surface area contributed by atoms with Crippen molar-refractivity contribution in [1.82, 2.24) is 9.88 Å². The Kier molecular flexibility index (Phi) is 4.54. The molecule has 1 atom stereocenters. The van der Waals surface area contributed by atoms with Crippen molar-refractivity contribution in [2.75, 3.05) is 18.4 Å². The maximum Gasteiger partial charge on any atom is 0.433 e. The third-order valence-corrected chi connectivity index (χ3v) is 3.49. The lowest BCUT2D eigenvalue weighted by Crippen LogP contribution is -2.31. The number of nitriles is 1. The SMILES string of the molecule is CCC(=O)N1CCC(Nc2nc(C(F)(F)F)ccc2C#N)C1. The van der Waals surface area contributed by atoms with Crippen molar-refractivity contribution in [3.05, 3.63) is 23.4 Å². The number of amides is 1. The van der Waals surface area contributed by atoms with Crippen molar-refractivity contribution in [1.29, 1.82) is 5.26 Å². The first-order valence-corrected chi connectivity index (χ1v) is 6.87. The van der Waals surface area contributed by atoms with Crippen molar-refractivity contribution in [3.63, 3.8) is 0 Å². The average molecular weight is 312 g/mol. The van der Waals surface area contributed by atoms with Gasteiger partial charge in [-0.2, -0.15) is 18.4 Å². The Morgan fingerprint density at radius 3 is 2.86 bits per heavy atom. The van der Waals surface area contributed by atoms with Gasteiger partial charge in [0, 0.05) is 25.6 Å². The molecule has 8 heteroatoms. The Hall–Kier alpha value is -2.30. The molecule has 2 heterocycles. The van der Waals surface area contributed by atoms with E-state index in [1.165, 1.54) is 0 Å². The molecule has 1 aromatic heterocycles. The monoisotopic (exact) mass is 312 g/mol. The van der Waals surface area contributed by atoms with E-state index in [0.717, 1.165) is 12.1 Å². The summed E-state index contributed by atoms with van der Waals surface area (Å²) in [7, 11) is 0. The minimum atomic E-state index is -4.57. The van der Waals surface area contributed by atoms with E-state index in [0.29, 0.717) is 25.9 Å². The summed E-state index contributed by atoms with van der Waals surface area (Å²) < 4.78 is 38.1. The van der Waals surface area contributed by atoms with Crippen LogP contribution in [0.25, 0.3) is 0 Å². The van der Waals surface area contributed by atoms with Crippen LogP contribution in [0.4, 0.5) is 19.0 Å². The maximum atomic E-state index is 12.7. The van der Waals surface area contributed by atoms with Gasteiger partial charge in [-0.25, -0.2) is 4.98 Å². The van der Waals surface area contributed by atoms with Gasteiger partial charge >= 0.3 is 6.18 Å². The normalized spacial score (nSPS) is 18.1. The third-order valence-electron chi connectivity index (χ3n) is 3.49. The highest BCUT2D eigenvalue weighted by molar-refractivity contribution is 5.76. The second-order valence-corrected chi connectivity index (χ2v) is 5.03. The molecule has 1 amide bonds. The van der Waals surface area contributed by atoms with Gasteiger partial charge in [-0.05, 0) is 18.6 Å². The molecule has 1 N–H and O–H groups in total. The van der Waals surface area contributed by atoms with Crippen molar-refractivity contribution < 1.29 is 18.0 Å². The predicted molar refractivity (Wildman–Crippen MR) is 72.9 cm³/mol. The lowest BCUT2D eigenvalue weighted by atomic mass is 10.2. The summed E-state index contributed by atoms with van der Waals surface area (Å²) in [4.78, 5) is 16.8. The highest BCUT2D eigenvalue weighted by atomic mass is 19.4. The Balaban J connectivity index is 2.16. The molecule has 2 rings (SSSR count). The Morgan fingerprint density at radius 2 is 2.27 bits per heavy atom. The molecule has 0 radical (unpaired) electrons. The Bertz CT molecular complexity index is 609. The molecule has 1 aromatic rings. The quantitative estimate of drug-likeness (QED) is 0.930. The zero-order valence-corrected chi connectivity index (χ0v) is 11.9. The van der Waals surface area contributed by atoms with Crippen LogP contribution in [0.1, 0.15) is 31.0 Å². The molecule has 5 nitrogen and oxygen atoms in total. The largest absolute Gasteiger partial charge is 0.433 e. The summed E-state index contributed by atoms with van der Waals surface area (Å²) in [6, 6.07) is 3.49. The number of aromatic nitrogens is 1. The molecule has 1 saturated heterocycles. The van der Waals surface area contributed by atoms with E-state index in [-0.39, 0.29) is 23.3 Å². The molecule has 0 aromatic carbocycles. The van der Waals surface area contributed by atoms with E-state index in [4.69, 9.17) is 5.26 Å². The molecule has 1 fully saturated rings. The first kappa shape index (κ1) is 16.1. The first-order chi connectivity index (χ1) is 10.3. The van der Waals surface area contributed by atoms with Gasteiger partial charge in [0.25, 0.3) is 0 Å². The summed E-state index contributed by atoms with van der Waals surface area (Å²) in [5.41, 5.74) is -0.998. The lowest BCUT2D eigenvalue weighted by molar-refractivity contribution is -0.141. The van der Waals surface area contributed by atoms with E-state index in [9.17, 15) is 18.0 Å². The van der Waals surface area contributed by atoms with E-state index >= 15 is 0 Å². The number of hydrogen-bond acceptors (Lipinski definition) is 4. The van der Waals surface area contributed by atoms with Crippen LogP contribution in [0, 0.1) is 11.3 Å². The zero-order valence-electron chi connectivity index (χ0n) is 11.9. The molecule has 0 spiro atoms. The number of nitrogens with zero attached hydrogens (tertiary/aromatic N) is 3. The van der Waals surface area contributed by atoms with E-state index in [1.54, 1.807) is 11.8 Å². The van der Waals surface area contributed by atoms with Crippen LogP contribution in [-0.4, -0.2) is 34.9 Å². The fourth-order valence-corrected chi connectivity index (χ4v) is 2.34. The fourth-order valence-electron chi connectivity index (χ4n) is 2.34. The fraction of sp³-hybridized carbons (Fsp3) is 0.500. The second kappa shape index (κ2) is 6.22. The third kappa shape index (κ3) is 3.47. The average Bonchev–Trinajstić information content (AvgIpc) is 2.94. The number of pyridine rings is 1. The van der Waals surface area contributed by atoms with Crippen molar-refractivity contribution in [2.45, 2.75) is 32.0 Å². The number of hydrogen-bond donors (Lipinski definition) is 1. The van der Waals surface area contributed by atoms with Crippen molar-refractivity contribution in [2.24, 2.45) is 0 Å². The zero-order chi connectivity index (χ0) is 16.3. The highest BCUT2D eigenvalue weighted by Crippen LogP contribution is 2.29. The van der Waals surface area contributed by atoms with Crippen LogP contribution in [0.2, 0.25) is 0 Å². The summed E-state index contributed by atoms with van der Waals surface area (Å²) in [6.45, 7) is 2.70. The number of nitrogens with one attached hydrogen (secondary N) is 1. The van der Waals surface area contributed by atoms with Crippen LogP contribution in [-0.2, 0) is 11.0 Å². The summed E-state index contributed by atoms with van der Waals surface area (Å²) >= 11 is 0. The van der Waals surface area contributed by atoms with Gasteiger partial charge in [0.15, 0.2) is 0 Å². The molecule has 22 heavy (non-hydrogen) atoms. The molecule has 0 saturated carbocycles. The summed E-state index contributed by atoms with van der Waals surface area (Å²) in [5.74, 6) is -0.0880. The van der Waals surface area contributed by atoms with Crippen LogP contribution in [0.15, 0.2) is 12.1 Å². The molecular weight excluding hydrogens is 297 g/mol. The molecule has 1 unspecified atom stereocenters. The van der Waals surface area contributed by atoms with Gasteiger partial charge in [-0.3, -0.25) is 4.79 Å². The topological polar surface area (TPSA) is 69.0 Å². The van der Waals surface area contributed by atoms with Gasteiger partial charge in [-0.1, -0.05) is 6.92 Å². The maximum absolute atomic E-state index is 12.7. The van der Waals surface area contributed by atoms with Crippen molar-refractivity contribution >= 4 is 11.7 Å². The first-order valence-electron chi connectivity index (χ1n) is 6.87. The van der Waals surface area contributed by atoms with Gasteiger partial charge in [0.2, 0.25) is 5.91 Å². The number of alkyl halides is 3. The predicted octanol–water partition coefficient (Wildman–Crippen LogP) is 2.39. The smallest absolute Gasteiger partial charge is 0.364 e. The standard InChI is InChI=1S/C14H15F3N4O/c1-2-12(22)21-6-5-10(8-21)19-13-9(7-18)3-4-11(20-13)14(15,16)17/h3-4,10H,2,5-6,8H2,1H3,(H,19,20). The van der Waals surface area contributed by atoms with Gasteiger partial charge in [0.1, 0.15) is 17.6 Å². The molecule has 118 valence electrons. The van der Waals surface area contributed by atoms with E-state index < -0.39 is 11.9 Å². The number of halogens is 3. The molecule has 1 aliphatic rings. The van der Waals surface area contributed by atoms with Gasteiger partial charge < -0.3 is 10.2 Å². The van der Waals surface area contributed by atoms with Crippen LogP contribution >= 0.6 is 0 Å². The molecule has 1 aliphatic heterocycles. The summed E-state index contributed by atoms with van der Waals surface area (Å²) in [5, 5.41) is 11.8. The number of likely N-dealkylation sites (tertiary alicyclic amines) is 1. The number of carbonyl (C=O) groups excluding carboxylic acids is 1. The van der Waals surface area contributed by atoms with E-state index in [1.807, 2.05) is 6.07 Å². The van der Waals surface area contributed by atoms with Crippen LogP contribution in [0.3, 0.4) is 0 Å². The minimum Gasteiger partial charge on any atom is -0.364 e. The van der Waals surface area contributed by atoms with Crippen molar-refractivity contribution in [3.8, 4) is 6.07 Å². The van der Waals surface area contributed by atoms with Crippen LogP contribution < -0.4 is 5.32 Å². The minimum absolute atomic E-state index is 0.00167. The molecule has 0 aliphatic carbocycles. The molecular formula is C14H15F3N4O. The number of rotatable bonds is 3. The second-order valence-electron chi connectivity index (χ2n) is 5.03. The lowest BCUT2D eigenvalue weighted by Gasteiger charge is -2.17. The Labute approximate surface area is 125 Å². The van der Waals surface area contributed by atoms with Crippen LogP contribution in [0.5, 0.6) is 0 Å². The van der Waals surface area contributed by atoms with E-state index in [2.05, 4.69) is 10.3 Å². The highest BCUT2D eigenvalue weighted by Gasteiger charge is 2.33. The van der Waals surface area contributed by atoms with Gasteiger partial charge in [-0.15, -0.1) is 0 Å². The Morgan fingerprint density at radius 1 is 1.55 bits per heavy atom. The number of anilines is 1. The summed E-state index contributed by atoms with van der Waals surface area (Å²) in [6.07, 6.45) is -3.57. The van der Waals surface area contributed by atoms with Gasteiger partial charge in [0.05, 0.1) is 5.56 Å². The molecule has 0 bridgehead atoms. The number of carbonyl (C=O) groups is 1.